The summed E-state index contributed by atoms with van der Waals surface area (Å²) in [5.41, 5.74) is 0.921. The highest BCUT2D eigenvalue weighted by Gasteiger charge is 2.30. The van der Waals surface area contributed by atoms with Crippen molar-refractivity contribution in [2.75, 3.05) is 6.61 Å². The van der Waals surface area contributed by atoms with Crippen molar-refractivity contribution in [2.45, 2.75) is 58.5 Å². The second kappa shape index (κ2) is 5.82. The highest BCUT2D eigenvalue weighted by Crippen LogP contribution is 2.40. The van der Waals surface area contributed by atoms with E-state index >= 15 is 0 Å². The molecule has 2 heterocycles. The number of fused-ring (bicyclic) bond motifs is 3. The molecule has 0 saturated heterocycles. The van der Waals surface area contributed by atoms with Crippen LogP contribution in [0.3, 0.4) is 0 Å². The monoisotopic (exact) mass is 324 g/mol. The molecule has 0 fully saturated rings. The van der Waals surface area contributed by atoms with Crippen molar-refractivity contribution in [3.05, 3.63) is 21.4 Å². The minimum Gasteiger partial charge on any atom is -0.368 e. The smallest absolute Gasteiger partial charge is 0.163 e. The maximum atomic E-state index is 6.50. The normalized spacial score (nSPS) is 17.7. The van der Waals surface area contributed by atoms with Gasteiger partial charge < -0.3 is 4.74 Å². The lowest BCUT2D eigenvalue weighted by molar-refractivity contribution is -0.0387. The van der Waals surface area contributed by atoms with Crippen LogP contribution in [0.25, 0.3) is 10.2 Å². The average Bonchev–Trinajstić information content (AvgIpc) is 2.86. The van der Waals surface area contributed by atoms with Crippen LogP contribution >= 0.6 is 22.9 Å². The SMILES string of the molecule is CCOC(C)(CC)c1nc(Cl)c2c3c(sc2n1)CCCC3. The molecule has 3 rings (SSSR count). The van der Waals surface area contributed by atoms with E-state index in [2.05, 4.69) is 11.9 Å². The van der Waals surface area contributed by atoms with Gasteiger partial charge in [0, 0.05) is 11.5 Å². The number of ether oxygens (including phenoxy) is 1. The van der Waals surface area contributed by atoms with E-state index < -0.39 is 5.60 Å². The van der Waals surface area contributed by atoms with E-state index in [1.807, 2.05) is 13.8 Å². The highest BCUT2D eigenvalue weighted by atomic mass is 35.5. The number of hydrogen-bond donors (Lipinski definition) is 0. The molecule has 0 amide bonds. The second-order valence-electron chi connectivity index (χ2n) is 5.75. The fourth-order valence-corrected chi connectivity index (χ4v) is 4.59. The van der Waals surface area contributed by atoms with Crippen molar-refractivity contribution in [1.29, 1.82) is 0 Å². The maximum absolute atomic E-state index is 6.50. The van der Waals surface area contributed by atoms with Gasteiger partial charge in [0.1, 0.15) is 15.6 Å². The summed E-state index contributed by atoms with van der Waals surface area (Å²) in [6, 6.07) is 0. The highest BCUT2D eigenvalue weighted by molar-refractivity contribution is 7.19. The molecule has 3 nitrogen and oxygen atoms in total. The minimum absolute atomic E-state index is 0.461. The maximum Gasteiger partial charge on any atom is 0.163 e. The third-order valence-electron chi connectivity index (χ3n) is 4.38. The van der Waals surface area contributed by atoms with E-state index in [0.717, 1.165) is 29.5 Å². The minimum atomic E-state index is -0.461. The van der Waals surface area contributed by atoms with Gasteiger partial charge in [0.25, 0.3) is 0 Å². The van der Waals surface area contributed by atoms with Gasteiger partial charge in [-0.15, -0.1) is 11.3 Å². The summed E-state index contributed by atoms with van der Waals surface area (Å²) in [5, 5.41) is 1.67. The zero-order chi connectivity index (χ0) is 15.0. The number of rotatable bonds is 4. The average molecular weight is 325 g/mol. The Labute approximate surface area is 134 Å². The van der Waals surface area contributed by atoms with E-state index in [4.69, 9.17) is 21.3 Å². The van der Waals surface area contributed by atoms with Gasteiger partial charge in [-0.05, 0) is 51.5 Å². The summed E-state index contributed by atoms with van der Waals surface area (Å²) in [6.45, 7) is 6.78. The molecule has 1 unspecified atom stereocenters. The molecule has 0 saturated carbocycles. The molecule has 0 aliphatic heterocycles. The van der Waals surface area contributed by atoms with Gasteiger partial charge in [-0.1, -0.05) is 18.5 Å². The number of nitrogens with zero attached hydrogens (tertiary/aromatic N) is 2. The predicted octanol–water partition coefficient (Wildman–Crippen LogP) is 4.89. The Balaban J connectivity index is 2.15. The molecule has 0 radical (unpaired) electrons. The Morgan fingerprint density at radius 3 is 2.71 bits per heavy atom. The second-order valence-corrected chi connectivity index (χ2v) is 7.19. The molecular formula is C16H21ClN2OS. The first kappa shape index (κ1) is 15.2. The lowest BCUT2D eigenvalue weighted by Crippen LogP contribution is -2.27. The van der Waals surface area contributed by atoms with Crippen molar-refractivity contribution in [1.82, 2.24) is 9.97 Å². The van der Waals surface area contributed by atoms with Crippen LogP contribution in [0.2, 0.25) is 5.15 Å². The van der Waals surface area contributed by atoms with Gasteiger partial charge >= 0.3 is 0 Å². The molecule has 2 aromatic rings. The number of halogens is 1. The molecule has 5 heteroatoms. The number of aromatic nitrogens is 2. The first-order valence-corrected chi connectivity index (χ1v) is 8.90. The predicted molar refractivity (Wildman–Crippen MR) is 88.3 cm³/mol. The Morgan fingerprint density at radius 2 is 2.00 bits per heavy atom. The fraction of sp³-hybridized carbons (Fsp3) is 0.625. The molecule has 21 heavy (non-hydrogen) atoms. The fourth-order valence-electron chi connectivity index (χ4n) is 2.99. The quantitative estimate of drug-likeness (QED) is 0.751. The topological polar surface area (TPSA) is 35.0 Å². The van der Waals surface area contributed by atoms with Gasteiger partial charge in [0.05, 0.1) is 5.39 Å². The molecule has 1 aliphatic carbocycles. The molecule has 1 aliphatic rings. The molecule has 0 bridgehead atoms. The van der Waals surface area contributed by atoms with E-state index in [-0.39, 0.29) is 0 Å². The summed E-state index contributed by atoms with van der Waals surface area (Å²) in [7, 11) is 0. The first-order chi connectivity index (χ1) is 10.1. The summed E-state index contributed by atoms with van der Waals surface area (Å²) >= 11 is 8.29. The van der Waals surface area contributed by atoms with Crippen molar-refractivity contribution in [2.24, 2.45) is 0 Å². The standard InChI is InChI=1S/C16H21ClN2OS/c1-4-16(3,20-5-2)15-18-13(17)12-10-8-6-7-9-11(10)21-14(12)19-15/h4-9H2,1-3H3. The molecule has 114 valence electrons. The van der Waals surface area contributed by atoms with Crippen LogP contribution in [0.15, 0.2) is 0 Å². The summed E-state index contributed by atoms with van der Waals surface area (Å²) in [6.07, 6.45) is 5.59. The van der Waals surface area contributed by atoms with Crippen LogP contribution in [-0.2, 0) is 23.2 Å². The van der Waals surface area contributed by atoms with Crippen molar-refractivity contribution in [3.8, 4) is 0 Å². The van der Waals surface area contributed by atoms with Crippen molar-refractivity contribution in [3.63, 3.8) is 0 Å². The zero-order valence-corrected chi connectivity index (χ0v) is 14.4. The van der Waals surface area contributed by atoms with Crippen molar-refractivity contribution >= 4 is 33.2 Å². The van der Waals surface area contributed by atoms with Gasteiger partial charge in [0.2, 0.25) is 0 Å². The van der Waals surface area contributed by atoms with Gasteiger partial charge in [0.15, 0.2) is 5.82 Å². The summed E-state index contributed by atoms with van der Waals surface area (Å²) in [4.78, 5) is 11.8. The third kappa shape index (κ3) is 2.58. The van der Waals surface area contributed by atoms with Gasteiger partial charge in [-0.2, -0.15) is 0 Å². The van der Waals surface area contributed by atoms with Crippen LogP contribution < -0.4 is 0 Å². The van der Waals surface area contributed by atoms with E-state index in [9.17, 15) is 0 Å². The Kier molecular flexibility index (Phi) is 4.21. The Bertz CT molecular complexity index is 670. The molecule has 2 aromatic heterocycles. The largest absolute Gasteiger partial charge is 0.368 e. The third-order valence-corrected chi connectivity index (χ3v) is 5.84. The van der Waals surface area contributed by atoms with Crippen LogP contribution in [0, 0.1) is 0 Å². The Morgan fingerprint density at radius 1 is 1.24 bits per heavy atom. The van der Waals surface area contributed by atoms with Crippen LogP contribution in [-0.4, -0.2) is 16.6 Å². The molecule has 0 spiro atoms. The molecule has 1 atom stereocenters. The molecule has 0 N–H and O–H groups in total. The van der Waals surface area contributed by atoms with Gasteiger partial charge in [-0.3, -0.25) is 0 Å². The zero-order valence-electron chi connectivity index (χ0n) is 12.8. The van der Waals surface area contributed by atoms with E-state index in [1.54, 1.807) is 11.3 Å². The number of hydrogen-bond acceptors (Lipinski definition) is 4. The van der Waals surface area contributed by atoms with Crippen LogP contribution in [0.4, 0.5) is 0 Å². The van der Waals surface area contributed by atoms with Gasteiger partial charge in [-0.25, -0.2) is 9.97 Å². The molecule has 0 aromatic carbocycles. The summed E-state index contributed by atoms with van der Waals surface area (Å²) in [5.74, 6) is 0.711. The number of thiophene rings is 1. The van der Waals surface area contributed by atoms with Crippen molar-refractivity contribution < 1.29 is 4.74 Å². The lowest BCUT2D eigenvalue weighted by Gasteiger charge is -2.26. The van der Waals surface area contributed by atoms with Crippen LogP contribution in [0.1, 0.15) is 56.3 Å². The molecular weight excluding hydrogens is 304 g/mol. The summed E-state index contributed by atoms with van der Waals surface area (Å²) < 4.78 is 5.89. The Hall–Kier alpha value is -0.710. The van der Waals surface area contributed by atoms with E-state index in [1.165, 1.54) is 23.3 Å². The first-order valence-electron chi connectivity index (χ1n) is 7.71. The lowest BCUT2D eigenvalue weighted by atomic mass is 9.97. The van der Waals surface area contributed by atoms with Crippen LogP contribution in [0.5, 0.6) is 0 Å². The number of aryl methyl sites for hydroxylation is 2. The van der Waals surface area contributed by atoms with E-state index in [0.29, 0.717) is 17.6 Å².